The third-order valence-electron chi connectivity index (χ3n) is 6.22. The lowest BCUT2D eigenvalue weighted by Gasteiger charge is -2.38. The van der Waals surface area contributed by atoms with Gasteiger partial charge in [-0.3, -0.25) is 14.8 Å². The number of piperidine rings is 1. The first-order chi connectivity index (χ1) is 13.2. The van der Waals surface area contributed by atoms with E-state index in [0.717, 1.165) is 38.6 Å². The van der Waals surface area contributed by atoms with E-state index < -0.39 is 0 Å². The predicted octanol–water partition coefficient (Wildman–Crippen LogP) is 2.69. The standard InChI is InChI=1S/C22H37N5/c1-4-26-13-8-11-21(26)16-24-22(23-3)25-20-12-14-27(18(2)15-20)17-19-9-6-5-7-10-19/h5-7,9-10,18,20-21H,4,8,11-17H2,1-3H3,(H2,23,24,25). The molecule has 0 aromatic heterocycles. The number of likely N-dealkylation sites (N-methyl/N-ethyl adjacent to an activating group) is 1. The number of hydrogen-bond acceptors (Lipinski definition) is 3. The van der Waals surface area contributed by atoms with Crippen LogP contribution in [0, 0.1) is 0 Å². The molecule has 150 valence electrons. The van der Waals surface area contributed by atoms with Crippen molar-refractivity contribution < 1.29 is 0 Å². The molecule has 27 heavy (non-hydrogen) atoms. The number of nitrogens with one attached hydrogen (secondary N) is 2. The van der Waals surface area contributed by atoms with Crippen LogP contribution in [0.25, 0.3) is 0 Å². The second-order valence-corrected chi connectivity index (χ2v) is 8.05. The lowest BCUT2D eigenvalue weighted by Crippen LogP contribution is -2.52. The Balaban J connectivity index is 1.44. The molecule has 2 fully saturated rings. The van der Waals surface area contributed by atoms with Crippen LogP contribution < -0.4 is 10.6 Å². The van der Waals surface area contributed by atoms with Crippen molar-refractivity contribution in [3.63, 3.8) is 0 Å². The van der Waals surface area contributed by atoms with Gasteiger partial charge in [-0.15, -0.1) is 0 Å². The molecule has 5 heteroatoms. The lowest BCUT2D eigenvalue weighted by molar-refractivity contribution is 0.134. The first-order valence-corrected chi connectivity index (χ1v) is 10.7. The van der Waals surface area contributed by atoms with Crippen LogP contribution in [-0.4, -0.2) is 67.1 Å². The van der Waals surface area contributed by atoms with Crippen LogP contribution in [0.4, 0.5) is 0 Å². The van der Waals surface area contributed by atoms with Gasteiger partial charge in [0.2, 0.25) is 0 Å². The van der Waals surface area contributed by atoms with Crippen molar-refractivity contribution >= 4 is 5.96 Å². The largest absolute Gasteiger partial charge is 0.355 e. The van der Waals surface area contributed by atoms with Gasteiger partial charge in [-0.2, -0.15) is 0 Å². The molecule has 1 aromatic rings. The highest BCUT2D eigenvalue weighted by Crippen LogP contribution is 2.20. The first kappa shape index (κ1) is 20.2. The van der Waals surface area contributed by atoms with E-state index in [4.69, 9.17) is 0 Å². The van der Waals surface area contributed by atoms with Gasteiger partial charge in [0.25, 0.3) is 0 Å². The number of likely N-dealkylation sites (tertiary alicyclic amines) is 2. The number of aliphatic imine (C=N–C) groups is 1. The fraction of sp³-hybridized carbons (Fsp3) is 0.682. The van der Waals surface area contributed by atoms with Gasteiger partial charge >= 0.3 is 0 Å². The smallest absolute Gasteiger partial charge is 0.191 e. The van der Waals surface area contributed by atoms with Crippen LogP contribution in [0.2, 0.25) is 0 Å². The van der Waals surface area contributed by atoms with Gasteiger partial charge < -0.3 is 10.6 Å². The molecule has 0 saturated carbocycles. The van der Waals surface area contributed by atoms with E-state index >= 15 is 0 Å². The van der Waals surface area contributed by atoms with Crippen molar-refractivity contribution in [2.24, 2.45) is 4.99 Å². The predicted molar refractivity (Wildman–Crippen MR) is 114 cm³/mol. The average Bonchev–Trinajstić information content (AvgIpc) is 3.15. The summed E-state index contributed by atoms with van der Waals surface area (Å²) in [5, 5.41) is 7.24. The van der Waals surface area contributed by atoms with Gasteiger partial charge in [0.15, 0.2) is 5.96 Å². The highest BCUT2D eigenvalue weighted by Gasteiger charge is 2.27. The zero-order valence-electron chi connectivity index (χ0n) is 17.3. The Bertz CT molecular complexity index is 588. The van der Waals surface area contributed by atoms with Crippen molar-refractivity contribution in [2.75, 3.05) is 33.2 Å². The van der Waals surface area contributed by atoms with E-state index in [9.17, 15) is 0 Å². The maximum atomic E-state index is 4.47. The third kappa shape index (κ3) is 5.69. The van der Waals surface area contributed by atoms with Crippen molar-refractivity contribution in [1.82, 2.24) is 20.4 Å². The van der Waals surface area contributed by atoms with Crippen LogP contribution in [-0.2, 0) is 6.54 Å². The second kappa shape index (κ2) is 10.1. The van der Waals surface area contributed by atoms with Gasteiger partial charge in [-0.1, -0.05) is 37.3 Å². The van der Waals surface area contributed by atoms with Crippen LogP contribution in [0.15, 0.2) is 35.3 Å². The van der Waals surface area contributed by atoms with E-state index in [1.54, 1.807) is 0 Å². The fourth-order valence-corrected chi connectivity index (χ4v) is 4.55. The molecule has 2 aliphatic heterocycles. The lowest BCUT2D eigenvalue weighted by atomic mass is 9.97. The molecule has 3 atom stereocenters. The second-order valence-electron chi connectivity index (χ2n) is 8.05. The summed E-state index contributed by atoms with van der Waals surface area (Å²) in [6, 6.07) is 12.6. The van der Waals surface area contributed by atoms with E-state index in [-0.39, 0.29) is 0 Å². The minimum atomic E-state index is 0.504. The highest BCUT2D eigenvalue weighted by atomic mass is 15.2. The van der Waals surface area contributed by atoms with E-state index in [1.807, 2.05) is 7.05 Å². The minimum Gasteiger partial charge on any atom is -0.355 e. The van der Waals surface area contributed by atoms with Crippen LogP contribution in [0.1, 0.15) is 45.1 Å². The van der Waals surface area contributed by atoms with Crippen molar-refractivity contribution in [3.8, 4) is 0 Å². The summed E-state index contributed by atoms with van der Waals surface area (Å²) in [5.74, 6) is 0.965. The van der Waals surface area contributed by atoms with Gasteiger partial charge in [-0.05, 0) is 51.3 Å². The number of rotatable bonds is 6. The Labute approximate surface area is 165 Å². The third-order valence-corrected chi connectivity index (χ3v) is 6.22. The van der Waals surface area contributed by atoms with Crippen LogP contribution in [0.5, 0.6) is 0 Å². The maximum Gasteiger partial charge on any atom is 0.191 e. The monoisotopic (exact) mass is 371 g/mol. The molecule has 2 aliphatic rings. The van der Waals surface area contributed by atoms with E-state index in [0.29, 0.717) is 18.1 Å². The van der Waals surface area contributed by atoms with Crippen LogP contribution >= 0.6 is 0 Å². The summed E-state index contributed by atoms with van der Waals surface area (Å²) in [4.78, 5) is 9.64. The number of hydrogen-bond donors (Lipinski definition) is 2. The molecule has 2 heterocycles. The van der Waals surface area contributed by atoms with Crippen molar-refractivity contribution in [2.45, 2.75) is 64.2 Å². The topological polar surface area (TPSA) is 42.9 Å². The molecular weight excluding hydrogens is 334 g/mol. The summed E-state index contributed by atoms with van der Waals surface area (Å²) >= 11 is 0. The molecule has 5 nitrogen and oxygen atoms in total. The van der Waals surface area contributed by atoms with Gasteiger partial charge in [-0.25, -0.2) is 0 Å². The molecular formula is C22H37N5. The Hall–Kier alpha value is -1.59. The normalized spacial score (nSPS) is 27.7. The Morgan fingerprint density at radius 2 is 1.96 bits per heavy atom. The van der Waals surface area contributed by atoms with Gasteiger partial charge in [0, 0.05) is 44.8 Å². The van der Waals surface area contributed by atoms with Crippen molar-refractivity contribution in [3.05, 3.63) is 35.9 Å². The number of nitrogens with zero attached hydrogens (tertiary/aromatic N) is 3. The van der Waals surface area contributed by atoms with Crippen molar-refractivity contribution in [1.29, 1.82) is 0 Å². The number of guanidine groups is 1. The molecule has 2 N–H and O–H groups in total. The Morgan fingerprint density at radius 1 is 1.15 bits per heavy atom. The molecule has 0 spiro atoms. The molecule has 3 unspecified atom stereocenters. The minimum absolute atomic E-state index is 0.504. The van der Waals surface area contributed by atoms with E-state index in [1.165, 1.54) is 31.4 Å². The van der Waals surface area contributed by atoms with Crippen LogP contribution in [0.3, 0.4) is 0 Å². The Morgan fingerprint density at radius 3 is 2.67 bits per heavy atom. The fourth-order valence-electron chi connectivity index (χ4n) is 4.55. The zero-order valence-corrected chi connectivity index (χ0v) is 17.3. The molecule has 2 saturated heterocycles. The molecule has 0 radical (unpaired) electrons. The first-order valence-electron chi connectivity index (χ1n) is 10.7. The summed E-state index contributed by atoms with van der Waals surface area (Å²) in [5.41, 5.74) is 1.41. The molecule has 3 rings (SSSR count). The quantitative estimate of drug-likeness (QED) is 0.596. The highest BCUT2D eigenvalue weighted by molar-refractivity contribution is 5.80. The molecule has 0 aliphatic carbocycles. The SMILES string of the molecule is CCN1CCCC1CNC(=NC)NC1CCN(Cc2ccccc2)C(C)C1. The van der Waals surface area contributed by atoms with Gasteiger partial charge in [0.1, 0.15) is 0 Å². The Kier molecular flexibility index (Phi) is 7.53. The summed E-state index contributed by atoms with van der Waals surface area (Å²) in [6.45, 7) is 10.2. The summed E-state index contributed by atoms with van der Waals surface area (Å²) < 4.78 is 0. The number of benzene rings is 1. The average molecular weight is 372 g/mol. The van der Waals surface area contributed by atoms with E-state index in [2.05, 4.69) is 69.6 Å². The molecule has 0 bridgehead atoms. The summed E-state index contributed by atoms with van der Waals surface area (Å²) in [7, 11) is 1.88. The summed E-state index contributed by atoms with van der Waals surface area (Å²) in [6.07, 6.45) is 4.96. The molecule has 0 amide bonds. The van der Waals surface area contributed by atoms with Gasteiger partial charge in [0.05, 0.1) is 0 Å². The molecule has 1 aromatic carbocycles. The zero-order chi connectivity index (χ0) is 19.1. The maximum absolute atomic E-state index is 4.47.